The molecule has 0 N–H and O–H groups in total. The van der Waals surface area contributed by atoms with Gasteiger partial charge in [-0.05, 0) is 30.0 Å². The third-order valence-corrected chi connectivity index (χ3v) is 3.14. The van der Waals surface area contributed by atoms with E-state index in [1.165, 1.54) is 11.1 Å². The first-order valence-electron chi connectivity index (χ1n) is 4.43. The van der Waals surface area contributed by atoms with Crippen molar-refractivity contribution in [1.82, 2.24) is 0 Å². The van der Waals surface area contributed by atoms with E-state index in [9.17, 15) is 8.42 Å². The molecule has 0 aliphatic carbocycles. The van der Waals surface area contributed by atoms with E-state index >= 15 is 0 Å². The van der Waals surface area contributed by atoms with Crippen LogP contribution >= 0.6 is 10.7 Å². The fourth-order valence-electron chi connectivity index (χ4n) is 1.39. The fourth-order valence-corrected chi connectivity index (χ4v) is 2.35. The maximum Gasteiger partial charge on any atom is 0.236 e. The van der Waals surface area contributed by atoms with E-state index in [0.717, 1.165) is 12.0 Å². The number of hydrogen-bond donors (Lipinski definition) is 0. The lowest BCUT2D eigenvalue weighted by molar-refractivity contribution is 0.609. The highest BCUT2D eigenvalue weighted by Gasteiger charge is 2.07. The van der Waals surface area contributed by atoms with Crippen molar-refractivity contribution in [2.24, 2.45) is 0 Å². The van der Waals surface area contributed by atoms with Gasteiger partial charge in [0.15, 0.2) is 0 Å². The summed E-state index contributed by atoms with van der Waals surface area (Å²) in [6.07, 6.45) is 0.905. The van der Waals surface area contributed by atoms with Crippen LogP contribution in [0.3, 0.4) is 0 Å². The molecule has 0 spiro atoms. The SMILES string of the molecule is CCc1cc(CS(=O)(=O)Cl)ccc1C. The van der Waals surface area contributed by atoms with Crippen LogP contribution in [-0.2, 0) is 21.2 Å². The highest BCUT2D eigenvalue weighted by molar-refractivity contribution is 8.13. The van der Waals surface area contributed by atoms with E-state index in [0.29, 0.717) is 0 Å². The van der Waals surface area contributed by atoms with Crippen LogP contribution in [0.2, 0.25) is 0 Å². The van der Waals surface area contributed by atoms with Crippen LogP contribution in [0.15, 0.2) is 18.2 Å². The van der Waals surface area contributed by atoms with Crippen LogP contribution in [-0.4, -0.2) is 8.42 Å². The summed E-state index contributed by atoms with van der Waals surface area (Å²) in [6.45, 7) is 4.05. The lowest BCUT2D eigenvalue weighted by Crippen LogP contribution is -1.97. The molecular formula is C10H13ClO2S. The molecule has 0 bridgehead atoms. The Morgan fingerprint density at radius 1 is 1.36 bits per heavy atom. The first-order valence-corrected chi connectivity index (χ1v) is 6.91. The Kier molecular flexibility index (Phi) is 3.56. The largest absolute Gasteiger partial charge is 0.236 e. The predicted octanol–water partition coefficient (Wildman–Crippen LogP) is 2.63. The lowest BCUT2D eigenvalue weighted by Gasteiger charge is -2.05. The van der Waals surface area contributed by atoms with Crippen LogP contribution < -0.4 is 0 Å². The molecule has 0 amide bonds. The zero-order valence-electron chi connectivity index (χ0n) is 8.25. The maximum absolute atomic E-state index is 10.9. The molecule has 0 atom stereocenters. The van der Waals surface area contributed by atoms with Gasteiger partial charge < -0.3 is 0 Å². The Morgan fingerprint density at radius 2 is 2.00 bits per heavy atom. The van der Waals surface area contributed by atoms with Crippen LogP contribution in [0.5, 0.6) is 0 Å². The van der Waals surface area contributed by atoms with Gasteiger partial charge in [-0.2, -0.15) is 0 Å². The minimum atomic E-state index is -3.44. The first kappa shape index (κ1) is 11.5. The van der Waals surface area contributed by atoms with Gasteiger partial charge in [-0.15, -0.1) is 0 Å². The van der Waals surface area contributed by atoms with Gasteiger partial charge in [-0.1, -0.05) is 25.1 Å². The quantitative estimate of drug-likeness (QED) is 0.751. The van der Waals surface area contributed by atoms with Gasteiger partial charge in [0, 0.05) is 10.7 Å². The summed E-state index contributed by atoms with van der Waals surface area (Å²) in [5.74, 6) is -0.0954. The van der Waals surface area contributed by atoms with Crippen LogP contribution in [0.25, 0.3) is 0 Å². The summed E-state index contributed by atoms with van der Waals surface area (Å²) in [7, 11) is 1.73. The van der Waals surface area contributed by atoms with E-state index in [2.05, 4.69) is 0 Å². The van der Waals surface area contributed by atoms with Gasteiger partial charge in [0.25, 0.3) is 0 Å². The summed E-state index contributed by atoms with van der Waals surface area (Å²) < 4.78 is 21.7. The summed E-state index contributed by atoms with van der Waals surface area (Å²) in [4.78, 5) is 0. The smallest absolute Gasteiger partial charge is 0.212 e. The van der Waals surface area contributed by atoms with Gasteiger partial charge in [0.2, 0.25) is 9.05 Å². The number of halogens is 1. The third kappa shape index (κ3) is 3.31. The molecule has 0 radical (unpaired) electrons. The molecule has 2 nitrogen and oxygen atoms in total. The zero-order chi connectivity index (χ0) is 10.8. The average molecular weight is 233 g/mol. The zero-order valence-corrected chi connectivity index (χ0v) is 9.82. The molecule has 0 saturated carbocycles. The molecule has 0 unspecified atom stereocenters. The monoisotopic (exact) mass is 232 g/mol. The number of rotatable bonds is 3. The van der Waals surface area contributed by atoms with E-state index < -0.39 is 9.05 Å². The van der Waals surface area contributed by atoms with Crippen molar-refractivity contribution in [3.8, 4) is 0 Å². The lowest BCUT2D eigenvalue weighted by atomic mass is 10.0. The average Bonchev–Trinajstić information content (AvgIpc) is 2.06. The Labute approximate surface area is 89.3 Å². The normalized spacial score (nSPS) is 11.6. The molecule has 0 saturated heterocycles. The second-order valence-electron chi connectivity index (χ2n) is 3.30. The second-order valence-corrected chi connectivity index (χ2v) is 6.07. The second kappa shape index (κ2) is 4.32. The molecule has 78 valence electrons. The van der Waals surface area contributed by atoms with Crippen LogP contribution in [0.4, 0.5) is 0 Å². The molecule has 0 heterocycles. The molecule has 0 aliphatic heterocycles. The standard InChI is InChI=1S/C10H13ClO2S/c1-3-10-6-9(5-4-8(10)2)7-14(11,12)13/h4-6H,3,7H2,1-2H3. The van der Waals surface area contributed by atoms with Crippen molar-refractivity contribution >= 4 is 19.7 Å². The first-order chi connectivity index (χ1) is 6.42. The van der Waals surface area contributed by atoms with Crippen molar-refractivity contribution in [3.63, 3.8) is 0 Å². The molecule has 4 heteroatoms. The Balaban J connectivity index is 3.01. The highest BCUT2D eigenvalue weighted by Crippen LogP contribution is 2.15. The minimum absolute atomic E-state index is 0.0954. The van der Waals surface area contributed by atoms with E-state index in [1.54, 1.807) is 6.07 Å². The van der Waals surface area contributed by atoms with E-state index in [1.807, 2.05) is 26.0 Å². The minimum Gasteiger partial charge on any atom is -0.212 e. The molecule has 0 fully saturated rings. The topological polar surface area (TPSA) is 34.1 Å². The molecule has 1 aromatic carbocycles. The number of aryl methyl sites for hydroxylation is 2. The number of hydrogen-bond acceptors (Lipinski definition) is 2. The Bertz CT molecular complexity index is 424. The molecule has 0 aromatic heterocycles. The van der Waals surface area contributed by atoms with Crippen molar-refractivity contribution in [3.05, 3.63) is 34.9 Å². The summed E-state index contributed by atoms with van der Waals surface area (Å²) in [5.41, 5.74) is 3.11. The third-order valence-electron chi connectivity index (χ3n) is 2.13. The molecule has 1 aromatic rings. The molecular weight excluding hydrogens is 220 g/mol. The van der Waals surface area contributed by atoms with E-state index in [4.69, 9.17) is 10.7 Å². The van der Waals surface area contributed by atoms with Crippen LogP contribution in [0.1, 0.15) is 23.6 Å². The van der Waals surface area contributed by atoms with Gasteiger partial charge in [-0.25, -0.2) is 8.42 Å². The van der Waals surface area contributed by atoms with Crippen molar-refractivity contribution in [2.75, 3.05) is 0 Å². The predicted molar refractivity (Wildman–Crippen MR) is 59.0 cm³/mol. The summed E-state index contributed by atoms with van der Waals surface area (Å²) in [6, 6.07) is 5.62. The maximum atomic E-state index is 10.9. The van der Waals surface area contributed by atoms with Crippen molar-refractivity contribution in [2.45, 2.75) is 26.0 Å². The van der Waals surface area contributed by atoms with Gasteiger partial charge in [0.05, 0.1) is 5.75 Å². The molecule has 0 aliphatic rings. The molecule has 14 heavy (non-hydrogen) atoms. The highest BCUT2D eigenvalue weighted by atomic mass is 35.7. The van der Waals surface area contributed by atoms with Gasteiger partial charge in [0.1, 0.15) is 0 Å². The summed E-state index contributed by atoms with van der Waals surface area (Å²) >= 11 is 0. The van der Waals surface area contributed by atoms with E-state index in [-0.39, 0.29) is 5.75 Å². The Morgan fingerprint density at radius 3 is 2.50 bits per heavy atom. The summed E-state index contributed by atoms with van der Waals surface area (Å²) in [5, 5.41) is 0. The van der Waals surface area contributed by atoms with Gasteiger partial charge >= 0.3 is 0 Å². The van der Waals surface area contributed by atoms with Crippen LogP contribution in [0, 0.1) is 6.92 Å². The van der Waals surface area contributed by atoms with Gasteiger partial charge in [-0.3, -0.25) is 0 Å². The Hall–Kier alpha value is -0.540. The fraction of sp³-hybridized carbons (Fsp3) is 0.400. The van der Waals surface area contributed by atoms with Crippen molar-refractivity contribution < 1.29 is 8.42 Å². The number of benzene rings is 1. The molecule has 1 rings (SSSR count). The van der Waals surface area contributed by atoms with Crippen molar-refractivity contribution in [1.29, 1.82) is 0 Å².